The number of aromatic carboxylic acids is 1. The number of hydrogen-bond donors (Lipinski definition) is 2. The maximum Gasteiger partial charge on any atom is 0.356 e. The van der Waals surface area contributed by atoms with Crippen LogP contribution < -0.4 is 5.73 Å². The summed E-state index contributed by atoms with van der Waals surface area (Å²) in [6.45, 7) is 0. The smallest absolute Gasteiger partial charge is 0.356 e. The van der Waals surface area contributed by atoms with E-state index >= 15 is 0 Å². The number of carboxylic acid groups (broad SMARTS) is 1. The number of nitrogen functional groups attached to an aromatic ring is 1. The normalized spacial score (nSPS) is 10.7. The van der Waals surface area contributed by atoms with Crippen molar-refractivity contribution in [2.75, 3.05) is 5.73 Å². The third kappa shape index (κ3) is 2.23. The van der Waals surface area contributed by atoms with Crippen LogP contribution >= 0.6 is 15.9 Å². The molecular formula is C8H7BrF2N2O2. The Kier molecular flexibility index (Phi) is 3.57. The second kappa shape index (κ2) is 4.52. The van der Waals surface area contributed by atoms with Gasteiger partial charge in [-0.3, -0.25) is 0 Å². The van der Waals surface area contributed by atoms with Crippen molar-refractivity contribution in [1.82, 2.24) is 4.98 Å². The van der Waals surface area contributed by atoms with E-state index in [1.807, 2.05) is 0 Å². The number of pyridine rings is 1. The Labute approximate surface area is 92.2 Å². The van der Waals surface area contributed by atoms with E-state index in [4.69, 9.17) is 10.8 Å². The number of carbonyl (C=O) groups is 1. The first kappa shape index (κ1) is 11.8. The Morgan fingerprint density at radius 2 is 2.27 bits per heavy atom. The van der Waals surface area contributed by atoms with Gasteiger partial charge >= 0.3 is 5.97 Å². The van der Waals surface area contributed by atoms with Crippen LogP contribution in [0.15, 0.2) is 6.20 Å². The highest BCUT2D eigenvalue weighted by atomic mass is 79.9. The summed E-state index contributed by atoms with van der Waals surface area (Å²) in [5.74, 6) is -1.42. The lowest BCUT2D eigenvalue weighted by Gasteiger charge is -2.10. The van der Waals surface area contributed by atoms with Crippen LogP contribution in [0.3, 0.4) is 0 Å². The van der Waals surface area contributed by atoms with Crippen LogP contribution in [-0.2, 0) is 5.33 Å². The molecule has 0 spiro atoms. The average Bonchev–Trinajstić information content (AvgIpc) is 2.15. The number of nitrogens with zero attached hydrogens (tertiary/aromatic N) is 1. The summed E-state index contributed by atoms with van der Waals surface area (Å²) in [4.78, 5) is 14.1. The van der Waals surface area contributed by atoms with Gasteiger partial charge in [0, 0.05) is 17.1 Å². The molecule has 0 aliphatic rings. The van der Waals surface area contributed by atoms with Crippen LogP contribution in [0.1, 0.15) is 28.0 Å². The molecule has 0 fully saturated rings. The van der Waals surface area contributed by atoms with Crippen molar-refractivity contribution in [3.05, 3.63) is 23.0 Å². The molecule has 0 bridgehead atoms. The summed E-state index contributed by atoms with van der Waals surface area (Å²) in [5, 5.41) is 8.78. The van der Waals surface area contributed by atoms with Gasteiger partial charge in [-0.15, -0.1) is 0 Å². The van der Waals surface area contributed by atoms with Crippen molar-refractivity contribution >= 4 is 27.6 Å². The summed E-state index contributed by atoms with van der Waals surface area (Å²) in [6, 6.07) is 0. The van der Waals surface area contributed by atoms with Crippen LogP contribution in [-0.4, -0.2) is 16.1 Å². The highest BCUT2D eigenvalue weighted by molar-refractivity contribution is 9.08. The monoisotopic (exact) mass is 280 g/mol. The van der Waals surface area contributed by atoms with E-state index in [-0.39, 0.29) is 10.9 Å². The molecule has 0 aliphatic carbocycles. The van der Waals surface area contributed by atoms with Gasteiger partial charge in [-0.1, -0.05) is 15.9 Å². The molecule has 1 heterocycles. The maximum absolute atomic E-state index is 12.6. The minimum atomic E-state index is -2.82. The van der Waals surface area contributed by atoms with E-state index in [9.17, 15) is 13.6 Å². The van der Waals surface area contributed by atoms with Crippen molar-refractivity contribution in [2.45, 2.75) is 11.8 Å². The van der Waals surface area contributed by atoms with Gasteiger partial charge in [-0.2, -0.15) is 0 Å². The lowest BCUT2D eigenvalue weighted by atomic mass is 10.1. The molecule has 3 N–H and O–H groups in total. The number of anilines is 1. The van der Waals surface area contributed by atoms with Gasteiger partial charge in [-0.25, -0.2) is 18.6 Å². The predicted molar refractivity (Wildman–Crippen MR) is 53.2 cm³/mol. The van der Waals surface area contributed by atoms with Crippen LogP contribution in [0.25, 0.3) is 0 Å². The Morgan fingerprint density at radius 1 is 1.67 bits per heavy atom. The molecule has 4 nitrogen and oxygen atoms in total. The summed E-state index contributed by atoms with van der Waals surface area (Å²) in [5.41, 5.74) is 4.01. The van der Waals surface area contributed by atoms with Crippen LogP contribution in [0.4, 0.5) is 14.5 Å². The molecule has 0 saturated heterocycles. The zero-order valence-corrected chi connectivity index (χ0v) is 8.96. The lowest BCUT2D eigenvalue weighted by Crippen LogP contribution is -2.10. The standard InChI is InChI=1S/C8H7BrF2N2O2/c9-1-3-2-13-6(8(14)15)5(12)4(3)7(10)11/h2,7H,1,12H2,(H,14,15). The minimum Gasteiger partial charge on any atom is -0.476 e. The zero-order valence-electron chi connectivity index (χ0n) is 7.38. The molecule has 0 amide bonds. The van der Waals surface area contributed by atoms with E-state index in [1.54, 1.807) is 0 Å². The largest absolute Gasteiger partial charge is 0.476 e. The zero-order chi connectivity index (χ0) is 11.6. The van der Waals surface area contributed by atoms with Gasteiger partial charge in [0.1, 0.15) is 0 Å². The second-order valence-electron chi connectivity index (χ2n) is 2.70. The molecule has 0 aromatic carbocycles. The Hall–Kier alpha value is -1.24. The molecule has 0 radical (unpaired) electrons. The fourth-order valence-electron chi connectivity index (χ4n) is 1.12. The molecule has 0 unspecified atom stereocenters. The van der Waals surface area contributed by atoms with E-state index in [1.165, 1.54) is 0 Å². The molecule has 0 atom stereocenters. The van der Waals surface area contributed by atoms with Crippen LogP contribution in [0.5, 0.6) is 0 Å². The number of alkyl halides is 3. The Morgan fingerprint density at radius 3 is 2.67 bits per heavy atom. The fraction of sp³-hybridized carbons (Fsp3) is 0.250. The van der Waals surface area contributed by atoms with Crippen molar-refractivity contribution < 1.29 is 18.7 Å². The van der Waals surface area contributed by atoms with Crippen molar-refractivity contribution in [3.8, 4) is 0 Å². The number of aromatic nitrogens is 1. The van der Waals surface area contributed by atoms with E-state index in [0.717, 1.165) is 6.20 Å². The highest BCUT2D eigenvalue weighted by Crippen LogP contribution is 2.31. The van der Waals surface area contributed by atoms with Crippen LogP contribution in [0.2, 0.25) is 0 Å². The van der Waals surface area contributed by atoms with Crippen molar-refractivity contribution in [3.63, 3.8) is 0 Å². The number of halogens is 3. The van der Waals surface area contributed by atoms with E-state index in [0.29, 0.717) is 0 Å². The maximum atomic E-state index is 12.6. The molecule has 7 heteroatoms. The topological polar surface area (TPSA) is 76.2 Å². The molecule has 1 rings (SSSR count). The van der Waals surface area contributed by atoms with Gasteiger partial charge in [-0.05, 0) is 5.56 Å². The molecule has 1 aromatic heterocycles. The predicted octanol–water partition coefficient (Wildman–Crippen LogP) is 2.19. The molecule has 15 heavy (non-hydrogen) atoms. The molecule has 0 saturated carbocycles. The van der Waals surface area contributed by atoms with Gasteiger partial charge in [0.05, 0.1) is 5.69 Å². The Bertz CT molecular complexity index is 398. The number of nitrogens with two attached hydrogens (primary N) is 1. The second-order valence-corrected chi connectivity index (χ2v) is 3.26. The van der Waals surface area contributed by atoms with Crippen molar-refractivity contribution in [2.24, 2.45) is 0 Å². The summed E-state index contributed by atoms with van der Waals surface area (Å²) in [6.07, 6.45) is -1.74. The van der Waals surface area contributed by atoms with Crippen molar-refractivity contribution in [1.29, 1.82) is 0 Å². The first-order chi connectivity index (χ1) is 6.99. The quantitative estimate of drug-likeness (QED) is 0.833. The fourth-order valence-corrected chi connectivity index (χ4v) is 1.56. The molecule has 82 valence electrons. The first-order valence-corrected chi connectivity index (χ1v) is 4.95. The number of carboxylic acids is 1. The van der Waals surface area contributed by atoms with E-state index in [2.05, 4.69) is 20.9 Å². The van der Waals surface area contributed by atoms with Crippen LogP contribution in [0, 0.1) is 0 Å². The first-order valence-electron chi connectivity index (χ1n) is 3.83. The minimum absolute atomic E-state index is 0.143. The third-order valence-corrected chi connectivity index (χ3v) is 2.41. The third-order valence-electron chi connectivity index (χ3n) is 1.81. The average molecular weight is 281 g/mol. The molecule has 1 aromatic rings. The van der Waals surface area contributed by atoms with E-state index < -0.39 is 29.3 Å². The molecular weight excluding hydrogens is 274 g/mol. The number of hydrogen-bond acceptors (Lipinski definition) is 3. The van der Waals surface area contributed by atoms with Gasteiger partial charge in [0.15, 0.2) is 5.69 Å². The summed E-state index contributed by atoms with van der Waals surface area (Å²) in [7, 11) is 0. The van der Waals surface area contributed by atoms with Gasteiger partial charge in [0.25, 0.3) is 6.43 Å². The molecule has 0 aliphatic heterocycles. The summed E-state index contributed by atoms with van der Waals surface area (Å²) >= 11 is 3.00. The number of rotatable bonds is 3. The summed E-state index contributed by atoms with van der Waals surface area (Å²) < 4.78 is 25.2. The van der Waals surface area contributed by atoms with Gasteiger partial charge in [0.2, 0.25) is 0 Å². The highest BCUT2D eigenvalue weighted by Gasteiger charge is 2.22. The van der Waals surface area contributed by atoms with Gasteiger partial charge < -0.3 is 10.8 Å². The SMILES string of the molecule is Nc1c(C(=O)O)ncc(CBr)c1C(F)F. The lowest BCUT2D eigenvalue weighted by molar-refractivity contribution is 0.0691. The Balaban J connectivity index is 3.42.